The zero-order valence-electron chi connectivity index (χ0n) is 12.6. The summed E-state index contributed by atoms with van der Waals surface area (Å²) in [5.41, 5.74) is 1.29. The number of benzene rings is 1. The summed E-state index contributed by atoms with van der Waals surface area (Å²) in [6.07, 6.45) is 1.27. The van der Waals surface area contributed by atoms with Gasteiger partial charge in [0.1, 0.15) is 12.4 Å². The van der Waals surface area contributed by atoms with Gasteiger partial charge in [0.05, 0.1) is 0 Å². The number of rotatable bonds is 7. The van der Waals surface area contributed by atoms with E-state index >= 15 is 0 Å². The van der Waals surface area contributed by atoms with Crippen molar-refractivity contribution in [3.63, 3.8) is 0 Å². The third-order valence-electron chi connectivity index (χ3n) is 3.66. The monoisotopic (exact) mass is 294 g/mol. The van der Waals surface area contributed by atoms with Crippen molar-refractivity contribution in [2.45, 2.75) is 25.1 Å². The standard InChI is InChI=1S/C16H26N2OS/c1-3-16-13-18(9-11-20-16)8-10-19-15-6-4-14(5-7-15)12-17-2/h4-7,16-17H,3,8-13H2,1-2H3. The molecule has 1 saturated heterocycles. The predicted octanol–water partition coefficient (Wildman–Crippen LogP) is 2.61. The van der Waals surface area contributed by atoms with Gasteiger partial charge in [-0.15, -0.1) is 0 Å². The topological polar surface area (TPSA) is 24.5 Å². The maximum absolute atomic E-state index is 5.84. The van der Waals surface area contributed by atoms with Gasteiger partial charge in [-0.3, -0.25) is 4.90 Å². The summed E-state index contributed by atoms with van der Waals surface area (Å²) in [6, 6.07) is 8.37. The van der Waals surface area contributed by atoms with E-state index in [-0.39, 0.29) is 0 Å². The van der Waals surface area contributed by atoms with Crippen LogP contribution in [-0.2, 0) is 6.54 Å². The second-order valence-corrected chi connectivity index (χ2v) is 6.63. The SMILES string of the molecule is CCC1CN(CCOc2ccc(CNC)cc2)CCS1. The molecule has 1 atom stereocenters. The van der Waals surface area contributed by atoms with E-state index in [2.05, 4.69) is 53.2 Å². The Morgan fingerprint density at radius 3 is 2.85 bits per heavy atom. The van der Waals surface area contributed by atoms with E-state index in [0.717, 1.165) is 30.7 Å². The smallest absolute Gasteiger partial charge is 0.119 e. The molecule has 0 radical (unpaired) electrons. The fourth-order valence-corrected chi connectivity index (χ4v) is 3.68. The summed E-state index contributed by atoms with van der Waals surface area (Å²) in [5, 5.41) is 3.96. The third-order valence-corrected chi connectivity index (χ3v) is 5.03. The normalized spacial score (nSPS) is 20.0. The minimum atomic E-state index is 0.784. The largest absolute Gasteiger partial charge is 0.492 e. The molecule has 0 amide bonds. The fourth-order valence-electron chi connectivity index (χ4n) is 2.43. The van der Waals surface area contributed by atoms with Gasteiger partial charge in [0.2, 0.25) is 0 Å². The molecule has 112 valence electrons. The van der Waals surface area contributed by atoms with Gasteiger partial charge in [-0.2, -0.15) is 11.8 Å². The highest BCUT2D eigenvalue weighted by molar-refractivity contribution is 8.00. The van der Waals surface area contributed by atoms with E-state index in [9.17, 15) is 0 Å². The Morgan fingerprint density at radius 1 is 1.35 bits per heavy atom. The van der Waals surface area contributed by atoms with Crippen LogP contribution in [0.5, 0.6) is 5.75 Å². The Kier molecular flexibility index (Phi) is 6.70. The second-order valence-electron chi connectivity index (χ2n) is 5.22. The minimum absolute atomic E-state index is 0.784. The van der Waals surface area contributed by atoms with Crippen molar-refractivity contribution in [2.75, 3.05) is 39.0 Å². The highest BCUT2D eigenvalue weighted by Gasteiger charge is 2.18. The average Bonchev–Trinajstić information content (AvgIpc) is 2.50. The van der Waals surface area contributed by atoms with Crippen LogP contribution in [0.15, 0.2) is 24.3 Å². The first-order chi connectivity index (χ1) is 9.81. The molecule has 2 rings (SSSR count). The molecule has 1 fully saturated rings. The van der Waals surface area contributed by atoms with Gasteiger partial charge in [0.15, 0.2) is 0 Å². The van der Waals surface area contributed by atoms with E-state index in [0.29, 0.717) is 0 Å². The Bertz CT molecular complexity index is 383. The maximum atomic E-state index is 5.84. The lowest BCUT2D eigenvalue weighted by molar-refractivity contribution is 0.212. The molecule has 0 aromatic heterocycles. The van der Waals surface area contributed by atoms with Gasteiger partial charge in [0, 0.05) is 37.2 Å². The molecule has 0 bridgehead atoms. The highest BCUT2D eigenvalue weighted by atomic mass is 32.2. The lowest BCUT2D eigenvalue weighted by Crippen LogP contribution is -2.39. The number of nitrogens with one attached hydrogen (secondary N) is 1. The molecular weight excluding hydrogens is 268 g/mol. The quantitative estimate of drug-likeness (QED) is 0.835. The van der Waals surface area contributed by atoms with Crippen LogP contribution in [0.25, 0.3) is 0 Å². The van der Waals surface area contributed by atoms with Crippen molar-refractivity contribution in [2.24, 2.45) is 0 Å². The van der Waals surface area contributed by atoms with Crippen molar-refractivity contribution in [3.05, 3.63) is 29.8 Å². The van der Waals surface area contributed by atoms with Crippen LogP contribution in [0.1, 0.15) is 18.9 Å². The van der Waals surface area contributed by atoms with Crippen molar-refractivity contribution in [1.29, 1.82) is 0 Å². The summed E-state index contributed by atoms with van der Waals surface area (Å²) in [7, 11) is 1.96. The molecule has 1 aliphatic rings. The molecule has 1 unspecified atom stereocenters. The number of nitrogens with zero attached hydrogens (tertiary/aromatic N) is 1. The maximum Gasteiger partial charge on any atom is 0.119 e. The first-order valence-electron chi connectivity index (χ1n) is 7.52. The first kappa shape index (κ1) is 15.7. The molecule has 1 N–H and O–H groups in total. The van der Waals surface area contributed by atoms with Crippen LogP contribution >= 0.6 is 11.8 Å². The van der Waals surface area contributed by atoms with Crippen LogP contribution in [0, 0.1) is 0 Å². The molecule has 1 heterocycles. The zero-order valence-corrected chi connectivity index (χ0v) is 13.4. The zero-order chi connectivity index (χ0) is 14.2. The van der Waals surface area contributed by atoms with E-state index in [4.69, 9.17) is 4.74 Å². The second kappa shape index (κ2) is 8.55. The molecule has 0 aliphatic carbocycles. The lowest BCUT2D eigenvalue weighted by Gasteiger charge is -2.31. The Hall–Kier alpha value is -0.710. The molecule has 1 aromatic rings. The highest BCUT2D eigenvalue weighted by Crippen LogP contribution is 2.20. The van der Waals surface area contributed by atoms with Crippen LogP contribution in [0.2, 0.25) is 0 Å². The van der Waals surface area contributed by atoms with Crippen molar-refractivity contribution >= 4 is 11.8 Å². The lowest BCUT2D eigenvalue weighted by atomic mass is 10.2. The summed E-state index contributed by atoms with van der Waals surface area (Å²) in [5.74, 6) is 2.24. The van der Waals surface area contributed by atoms with Crippen molar-refractivity contribution in [3.8, 4) is 5.75 Å². The fraction of sp³-hybridized carbons (Fsp3) is 0.625. The Morgan fingerprint density at radius 2 is 2.15 bits per heavy atom. The van der Waals surface area contributed by atoms with Crippen LogP contribution in [0.4, 0.5) is 0 Å². The van der Waals surface area contributed by atoms with Gasteiger partial charge in [-0.1, -0.05) is 19.1 Å². The van der Waals surface area contributed by atoms with Gasteiger partial charge in [-0.05, 0) is 31.2 Å². The first-order valence-corrected chi connectivity index (χ1v) is 8.57. The molecule has 1 aromatic carbocycles. The van der Waals surface area contributed by atoms with Crippen molar-refractivity contribution in [1.82, 2.24) is 10.2 Å². The van der Waals surface area contributed by atoms with E-state index in [1.54, 1.807) is 0 Å². The molecule has 0 spiro atoms. The molecule has 4 heteroatoms. The number of hydrogen-bond donors (Lipinski definition) is 1. The number of thioether (sulfide) groups is 1. The predicted molar refractivity (Wildman–Crippen MR) is 87.7 cm³/mol. The Balaban J connectivity index is 1.69. The van der Waals surface area contributed by atoms with E-state index in [1.165, 1.54) is 30.8 Å². The van der Waals surface area contributed by atoms with Gasteiger partial charge >= 0.3 is 0 Å². The molecule has 20 heavy (non-hydrogen) atoms. The molecule has 1 aliphatic heterocycles. The molecule has 3 nitrogen and oxygen atoms in total. The third kappa shape index (κ3) is 5.00. The van der Waals surface area contributed by atoms with Crippen LogP contribution in [-0.4, -0.2) is 49.2 Å². The minimum Gasteiger partial charge on any atom is -0.492 e. The summed E-state index contributed by atoms with van der Waals surface area (Å²) < 4.78 is 5.84. The van der Waals surface area contributed by atoms with Gasteiger partial charge < -0.3 is 10.1 Å². The van der Waals surface area contributed by atoms with Gasteiger partial charge in [0.25, 0.3) is 0 Å². The molecular formula is C16H26N2OS. The number of hydrogen-bond acceptors (Lipinski definition) is 4. The Labute approximate surface area is 127 Å². The van der Waals surface area contributed by atoms with Gasteiger partial charge in [-0.25, -0.2) is 0 Å². The summed E-state index contributed by atoms with van der Waals surface area (Å²) in [6.45, 7) is 7.42. The van der Waals surface area contributed by atoms with E-state index in [1.807, 2.05) is 7.05 Å². The summed E-state index contributed by atoms with van der Waals surface area (Å²) >= 11 is 2.11. The van der Waals surface area contributed by atoms with E-state index < -0.39 is 0 Å². The average molecular weight is 294 g/mol. The van der Waals surface area contributed by atoms with Crippen LogP contribution < -0.4 is 10.1 Å². The number of ether oxygens (including phenoxy) is 1. The van der Waals surface area contributed by atoms with Crippen molar-refractivity contribution < 1.29 is 4.74 Å². The summed E-state index contributed by atoms with van der Waals surface area (Å²) in [4.78, 5) is 2.53. The molecule has 0 saturated carbocycles. The van der Waals surface area contributed by atoms with Crippen LogP contribution in [0.3, 0.4) is 0 Å².